The third-order valence-electron chi connectivity index (χ3n) is 2.82. The summed E-state index contributed by atoms with van der Waals surface area (Å²) >= 11 is 0. The molecule has 90 valence electrons. The molecule has 0 spiro atoms. The lowest BCUT2D eigenvalue weighted by molar-refractivity contribution is 0.368. The molecule has 0 radical (unpaired) electrons. The summed E-state index contributed by atoms with van der Waals surface area (Å²) in [7, 11) is 1.36. The summed E-state index contributed by atoms with van der Waals surface area (Å²) in [6.45, 7) is 19.0. The van der Waals surface area contributed by atoms with Crippen LogP contribution in [-0.2, 0) is 0 Å². The van der Waals surface area contributed by atoms with Crippen molar-refractivity contribution in [3.63, 3.8) is 0 Å². The predicted molar refractivity (Wildman–Crippen MR) is 74.1 cm³/mol. The van der Waals surface area contributed by atoms with E-state index in [-0.39, 0.29) is 0 Å². The van der Waals surface area contributed by atoms with Gasteiger partial charge < -0.3 is 0 Å². The van der Waals surface area contributed by atoms with Crippen LogP contribution in [0.3, 0.4) is 0 Å². The summed E-state index contributed by atoms with van der Waals surface area (Å²) in [4.78, 5) is 0. The average molecular weight is 210 g/mol. The molecule has 0 aliphatic carbocycles. The van der Waals surface area contributed by atoms with Gasteiger partial charge in [0.05, 0.1) is 0 Å². The van der Waals surface area contributed by atoms with Crippen LogP contribution < -0.4 is 0 Å². The molecule has 0 aliphatic heterocycles. The molecule has 0 N–H and O–H groups in total. The fraction of sp³-hybridized carbons (Fsp3) is 1.00. The van der Waals surface area contributed by atoms with E-state index in [9.17, 15) is 0 Å². The Morgan fingerprint density at radius 2 is 1.33 bits per heavy atom. The lowest BCUT2D eigenvalue weighted by Gasteiger charge is -2.31. The summed E-state index contributed by atoms with van der Waals surface area (Å²) in [5.41, 5.74) is 0.479. The lowest BCUT2D eigenvalue weighted by Crippen LogP contribution is -2.21. The standard InChI is InChI=1S/C14H31B/c1-11(2)9-14(7,8)15-12(3)10-13(4,5)6/h11-12,15H,9-10H2,1-8H3. The van der Waals surface area contributed by atoms with Gasteiger partial charge in [0.15, 0.2) is 0 Å². The highest BCUT2D eigenvalue weighted by Crippen LogP contribution is 2.38. The maximum atomic E-state index is 2.42. The second-order valence-electron chi connectivity index (χ2n) is 7.84. The molecule has 0 saturated carbocycles. The van der Waals surface area contributed by atoms with E-state index in [1.165, 1.54) is 20.1 Å². The van der Waals surface area contributed by atoms with Crippen LogP contribution in [0, 0.1) is 11.3 Å². The smallest absolute Gasteiger partial charge is 0.0693 e. The molecule has 0 bridgehead atoms. The zero-order valence-electron chi connectivity index (χ0n) is 12.3. The first-order valence-corrected chi connectivity index (χ1v) is 6.52. The van der Waals surface area contributed by atoms with Crippen molar-refractivity contribution < 1.29 is 0 Å². The average Bonchev–Trinajstić information content (AvgIpc) is 1.73. The van der Waals surface area contributed by atoms with Crippen molar-refractivity contribution in [3.05, 3.63) is 0 Å². The Morgan fingerprint density at radius 1 is 0.867 bits per heavy atom. The van der Waals surface area contributed by atoms with Gasteiger partial charge >= 0.3 is 0 Å². The largest absolute Gasteiger partial charge is 0.130 e. The molecule has 0 aromatic rings. The van der Waals surface area contributed by atoms with E-state index in [1.807, 2.05) is 0 Å². The number of hydrogen-bond donors (Lipinski definition) is 0. The molecule has 0 aliphatic rings. The first-order valence-electron chi connectivity index (χ1n) is 6.52. The minimum atomic E-state index is 0.479. The highest BCUT2D eigenvalue weighted by molar-refractivity contribution is 6.41. The van der Waals surface area contributed by atoms with E-state index in [0.29, 0.717) is 10.7 Å². The van der Waals surface area contributed by atoms with Gasteiger partial charge in [0.2, 0.25) is 0 Å². The number of rotatable bonds is 5. The van der Waals surface area contributed by atoms with Gasteiger partial charge in [-0.3, -0.25) is 0 Å². The Labute approximate surface area is 98.5 Å². The highest BCUT2D eigenvalue weighted by Gasteiger charge is 2.26. The molecule has 0 aromatic carbocycles. The fourth-order valence-corrected chi connectivity index (χ4v) is 3.25. The van der Waals surface area contributed by atoms with Crippen molar-refractivity contribution in [1.29, 1.82) is 0 Å². The van der Waals surface area contributed by atoms with Crippen LogP contribution in [0.2, 0.25) is 11.1 Å². The lowest BCUT2D eigenvalue weighted by atomic mass is 9.44. The third kappa shape index (κ3) is 9.02. The summed E-state index contributed by atoms with van der Waals surface area (Å²) in [6.07, 6.45) is 2.69. The van der Waals surface area contributed by atoms with Crippen LogP contribution in [0.15, 0.2) is 0 Å². The zero-order chi connectivity index (χ0) is 12.3. The molecule has 0 fully saturated rings. The van der Waals surface area contributed by atoms with Crippen LogP contribution in [0.4, 0.5) is 0 Å². The van der Waals surface area contributed by atoms with Crippen molar-refractivity contribution in [2.75, 3.05) is 0 Å². The SMILES string of the molecule is CC(C)CC(C)(C)BC(C)CC(C)(C)C. The van der Waals surface area contributed by atoms with E-state index in [4.69, 9.17) is 0 Å². The van der Waals surface area contributed by atoms with E-state index < -0.39 is 0 Å². The Hall–Kier alpha value is 0.0649. The van der Waals surface area contributed by atoms with Gasteiger partial charge in [-0.15, -0.1) is 0 Å². The molecular formula is C14H31B. The van der Waals surface area contributed by atoms with Gasteiger partial charge in [-0.1, -0.05) is 79.4 Å². The maximum Gasteiger partial charge on any atom is 0.130 e. The normalized spacial score (nSPS) is 15.5. The number of hydrogen-bond acceptors (Lipinski definition) is 0. The molecule has 1 atom stereocenters. The van der Waals surface area contributed by atoms with Gasteiger partial charge in [0, 0.05) is 0 Å². The van der Waals surface area contributed by atoms with Gasteiger partial charge in [-0.05, 0) is 11.3 Å². The van der Waals surface area contributed by atoms with Gasteiger partial charge in [-0.2, -0.15) is 0 Å². The predicted octanol–water partition coefficient (Wildman–Crippen LogP) is 4.91. The van der Waals surface area contributed by atoms with Gasteiger partial charge in [-0.25, -0.2) is 0 Å². The van der Waals surface area contributed by atoms with Crippen molar-refractivity contribution in [2.24, 2.45) is 11.3 Å². The summed E-state index contributed by atoms with van der Waals surface area (Å²) < 4.78 is 0. The first kappa shape index (κ1) is 15.1. The Balaban J connectivity index is 4.10. The molecule has 0 saturated heterocycles. The summed E-state index contributed by atoms with van der Waals surface area (Å²) in [5, 5.41) is 0.513. The topological polar surface area (TPSA) is 0 Å². The van der Waals surface area contributed by atoms with E-state index in [2.05, 4.69) is 55.4 Å². The minimum Gasteiger partial charge on any atom is -0.0693 e. The second-order valence-corrected chi connectivity index (χ2v) is 7.84. The van der Waals surface area contributed by atoms with Crippen LogP contribution in [-0.4, -0.2) is 7.28 Å². The Bertz CT molecular complexity index is 174. The van der Waals surface area contributed by atoms with Crippen molar-refractivity contribution in [2.45, 2.75) is 79.4 Å². The quantitative estimate of drug-likeness (QED) is 0.565. The van der Waals surface area contributed by atoms with Crippen LogP contribution >= 0.6 is 0 Å². The van der Waals surface area contributed by atoms with Crippen molar-refractivity contribution >= 4 is 7.28 Å². The Morgan fingerprint density at radius 3 is 1.67 bits per heavy atom. The van der Waals surface area contributed by atoms with Gasteiger partial charge in [0.25, 0.3) is 0 Å². The van der Waals surface area contributed by atoms with Crippen molar-refractivity contribution in [3.8, 4) is 0 Å². The summed E-state index contributed by atoms with van der Waals surface area (Å²) in [6, 6.07) is 0. The molecule has 15 heavy (non-hydrogen) atoms. The summed E-state index contributed by atoms with van der Waals surface area (Å²) in [5.74, 6) is 1.67. The molecule has 0 nitrogen and oxygen atoms in total. The van der Waals surface area contributed by atoms with E-state index in [1.54, 1.807) is 0 Å². The Kier molecular flexibility index (Phi) is 5.43. The van der Waals surface area contributed by atoms with E-state index >= 15 is 0 Å². The zero-order valence-corrected chi connectivity index (χ0v) is 12.3. The third-order valence-corrected chi connectivity index (χ3v) is 2.82. The maximum absolute atomic E-state index is 2.42. The van der Waals surface area contributed by atoms with Crippen molar-refractivity contribution in [1.82, 2.24) is 0 Å². The van der Waals surface area contributed by atoms with Crippen LogP contribution in [0.1, 0.15) is 68.2 Å². The monoisotopic (exact) mass is 210 g/mol. The van der Waals surface area contributed by atoms with E-state index in [0.717, 1.165) is 11.7 Å². The van der Waals surface area contributed by atoms with Crippen LogP contribution in [0.25, 0.3) is 0 Å². The molecule has 0 rings (SSSR count). The first-order chi connectivity index (χ1) is 6.52. The van der Waals surface area contributed by atoms with Gasteiger partial charge in [0.1, 0.15) is 7.28 Å². The minimum absolute atomic E-state index is 0.479. The second kappa shape index (κ2) is 5.41. The highest BCUT2D eigenvalue weighted by atomic mass is 14.2. The molecule has 0 aromatic heterocycles. The van der Waals surface area contributed by atoms with Crippen LogP contribution in [0.5, 0.6) is 0 Å². The molecule has 1 heteroatoms. The molecule has 1 unspecified atom stereocenters. The fourth-order valence-electron chi connectivity index (χ4n) is 3.25. The molecule has 0 amide bonds. The molecular weight excluding hydrogens is 179 g/mol. The molecule has 0 heterocycles.